The van der Waals surface area contributed by atoms with Gasteiger partial charge in [-0.1, -0.05) is 46.0 Å². The average molecular weight is 260 g/mol. The van der Waals surface area contributed by atoms with Crippen molar-refractivity contribution in [3.05, 3.63) is 0 Å². The molecular formula is C14H28O4. The largest absolute Gasteiger partial charge is 0.463 e. The zero-order valence-electron chi connectivity index (χ0n) is 11.9. The van der Waals surface area contributed by atoms with Crippen LogP contribution in [-0.2, 0) is 19.3 Å². The lowest BCUT2D eigenvalue weighted by molar-refractivity contribution is -0.298. The van der Waals surface area contributed by atoms with Gasteiger partial charge in [-0.3, -0.25) is 4.79 Å². The van der Waals surface area contributed by atoms with Gasteiger partial charge in [0.15, 0.2) is 0 Å². The van der Waals surface area contributed by atoms with Crippen LogP contribution < -0.4 is 0 Å². The number of carbonyl (C=O) groups excluding carboxylic acids is 1. The molecule has 0 bridgehead atoms. The first-order valence-electron chi connectivity index (χ1n) is 7.21. The van der Waals surface area contributed by atoms with Crippen LogP contribution in [0.3, 0.4) is 0 Å². The van der Waals surface area contributed by atoms with Gasteiger partial charge >= 0.3 is 5.97 Å². The number of hydrogen-bond acceptors (Lipinski definition) is 4. The molecule has 0 aliphatic heterocycles. The second kappa shape index (κ2) is 14.5. The van der Waals surface area contributed by atoms with E-state index in [9.17, 15) is 4.79 Å². The molecule has 0 aromatic heterocycles. The number of carbonyl (C=O) groups is 1. The smallest absolute Gasteiger partial charge is 0.305 e. The first-order valence-corrected chi connectivity index (χ1v) is 7.21. The van der Waals surface area contributed by atoms with Crippen molar-refractivity contribution >= 4 is 5.97 Å². The van der Waals surface area contributed by atoms with E-state index in [0.717, 1.165) is 25.7 Å². The van der Waals surface area contributed by atoms with Gasteiger partial charge in [-0.05, 0) is 12.8 Å². The van der Waals surface area contributed by atoms with Gasteiger partial charge in [-0.15, -0.1) is 0 Å². The van der Waals surface area contributed by atoms with Crippen LogP contribution >= 0.6 is 0 Å². The van der Waals surface area contributed by atoms with E-state index < -0.39 is 0 Å². The molecule has 0 saturated carbocycles. The molecule has 0 aliphatic rings. The zero-order chi connectivity index (χ0) is 13.5. The molecule has 0 rings (SSSR count). The predicted molar refractivity (Wildman–Crippen MR) is 71.1 cm³/mol. The monoisotopic (exact) mass is 260 g/mol. The third-order valence-corrected chi connectivity index (χ3v) is 2.58. The van der Waals surface area contributed by atoms with Crippen molar-refractivity contribution in [3.8, 4) is 0 Å². The first kappa shape index (κ1) is 17.4. The maximum Gasteiger partial charge on any atom is 0.305 e. The van der Waals surface area contributed by atoms with Crippen LogP contribution in [0, 0.1) is 0 Å². The van der Waals surface area contributed by atoms with Crippen molar-refractivity contribution in [2.24, 2.45) is 0 Å². The van der Waals surface area contributed by atoms with Crippen molar-refractivity contribution in [2.45, 2.75) is 65.2 Å². The van der Waals surface area contributed by atoms with Gasteiger partial charge in [0.25, 0.3) is 0 Å². The van der Waals surface area contributed by atoms with Crippen molar-refractivity contribution in [3.63, 3.8) is 0 Å². The third-order valence-electron chi connectivity index (χ3n) is 2.58. The highest BCUT2D eigenvalue weighted by Crippen LogP contribution is 2.01. The summed E-state index contributed by atoms with van der Waals surface area (Å²) in [6, 6.07) is 0. The molecule has 0 spiro atoms. The Morgan fingerprint density at radius 2 is 1.44 bits per heavy atom. The van der Waals surface area contributed by atoms with E-state index in [-0.39, 0.29) is 12.6 Å². The Morgan fingerprint density at radius 3 is 2.17 bits per heavy atom. The number of rotatable bonds is 13. The Kier molecular flexibility index (Phi) is 14.0. The molecule has 0 aromatic rings. The van der Waals surface area contributed by atoms with E-state index >= 15 is 0 Å². The predicted octanol–water partition coefficient (Wildman–Crippen LogP) is 3.64. The standard InChI is InChI=1S/C14H28O4/c1-3-5-7-9-11-17-18-13-12-16-14(15)10-8-6-4-2/h3-13H2,1-2H3. The van der Waals surface area contributed by atoms with Crippen LogP contribution in [0.4, 0.5) is 0 Å². The van der Waals surface area contributed by atoms with Gasteiger partial charge in [0.2, 0.25) is 0 Å². The summed E-state index contributed by atoms with van der Waals surface area (Å²) >= 11 is 0. The molecule has 0 radical (unpaired) electrons. The second-order valence-electron chi connectivity index (χ2n) is 4.38. The molecule has 108 valence electrons. The second-order valence-corrected chi connectivity index (χ2v) is 4.38. The van der Waals surface area contributed by atoms with Crippen molar-refractivity contribution < 1.29 is 19.3 Å². The Labute approximate surface area is 111 Å². The van der Waals surface area contributed by atoms with Gasteiger partial charge in [0.05, 0.1) is 6.61 Å². The molecule has 0 N–H and O–H groups in total. The maximum atomic E-state index is 11.2. The Bertz CT molecular complexity index is 183. The summed E-state index contributed by atoms with van der Waals surface area (Å²) in [7, 11) is 0. The van der Waals surface area contributed by atoms with Crippen LogP contribution in [0.15, 0.2) is 0 Å². The highest BCUT2D eigenvalue weighted by Gasteiger charge is 2.01. The van der Waals surface area contributed by atoms with Gasteiger partial charge in [0.1, 0.15) is 13.2 Å². The van der Waals surface area contributed by atoms with Gasteiger partial charge in [-0.25, -0.2) is 9.78 Å². The lowest BCUT2D eigenvalue weighted by Gasteiger charge is -2.05. The van der Waals surface area contributed by atoms with Crippen LogP contribution in [0.2, 0.25) is 0 Å². The van der Waals surface area contributed by atoms with Crippen LogP contribution in [-0.4, -0.2) is 25.8 Å². The van der Waals surface area contributed by atoms with E-state index in [1.165, 1.54) is 19.3 Å². The summed E-state index contributed by atoms with van der Waals surface area (Å²) in [6.45, 7) is 5.49. The molecule has 0 aliphatic carbocycles. The summed E-state index contributed by atoms with van der Waals surface area (Å²) in [5.41, 5.74) is 0. The van der Waals surface area contributed by atoms with E-state index in [1.54, 1.807) is 0 Å². The summed E-state index contributed by atoms with van der Waals surface area (Å²) in [6.07, 6.45) is 8.25. The molecule has 0 aromatic carbocycles. The highest BCUT2D eigenvalue weighted by molar-refractivity contribution is 5.69. The number of ether oxygens (including phenoxy) is 1. The molecular weight excluding hydrogens is 232 g/mol. The number of hydrogen-bond donors (Lipinski definition) is 0. The molecule has 18 heavy (non-hydrogen) atoms. The maximum absolute atomic E-state index is 11.2. The first-order chi connectivity index (χ1) is 8.81. The molecule has 0 saturated heterocycles. The van der Waals surface area contributed by atoms with Gasteiger partial charge in [0, 0.05) is 6.42 Å². The van der Waals surface area contributed by atoms with Crippen LogP contribution in [0.1, 0.15) is 65.2 Å². The number of unbranched alkanes of at least 4 members (excludes halogenated alkanes) is 5. The molecule has 0 atom stereocenters. The van der Waals surface area contributed by atoms with Crippen molar-refractivity contribution in [1.82, 2.24) is 0 Å². The molecule has 0 fully saturated rings. The van der Waals surface area contributed by atoms with E-state index in [4.69, 9.17) is 14.5 Å². The molecule has 0 amide bonds. The van der Waals surface area contributed by atoms with Gasteiger partial charge < -0.3 is 4.74 Å². The third kappa shape index (κ3) is 13.5. The Hall–Kier alpha value is -0.610. The fourth-order valence-corrected chi connectivity index (χ4v) is 1.49. The minimum Gasteiger partial charge on any atom is -0.463 e. The van der Waals surface area contributed by atoms with Crippen LogP contribution in [0.5, 0.6) is 0 Å². The van der Waals surface area contributed by atoms with E-state index in [1.807, 2.05) is 0 Å². The summed E-state index contributed by atoms with van der Waals surface area (Å²) in [5.74, 6) is -0.144. The topological polar surface area (TPSA) is 44.8 Å². The van der Waals surface area contributed by atoms with E-state index in [0.29, 0.717) is 19.6 Å². The highest BCUT2D eigenvalue weighted by atomic mass is 17.2. The normalized spacial score (nSPS) is 10.6. The lowest BCUT2D eigenvalue weighted by atomic mass is 10.2. The fraction of sp³-hybridized carbons (Fsp3) is 0.929. The molecule has 0 heterocycles. The van der Waals surface area contributed by atoms with Crippen molar-refractivity contribution in [2.75, 3.05) is 19.8 Å². The molecule has 4 heteroatoms. The lowest BCUT2D eigenvalue weighted by Crippen LogP contribution is -2.11. The average Bonchev–Trinajstić information content (AvgIpc) is 2.37. The van der Waals surface area contributed by atoms with Crippen molar-refractivity contribution in [1.29, 1.82) is 0 Å². The minimum absolute atomic E-state index is 0.144. The summed E-state index contributed by atoms with van der Waals surface area (Å²) < 4.78 is 4.99. The minimum atomic E-state index is -0.144. The summed E-state index contributed by atoms with van der Waals surface area (Å²) in [4.78, 5) is 21.1. The zero-order valence-corrected chi connectivity index (χ0v) is 11.9. The summed E-state index contributed by atoms with van der Waals surface area (Å²) in [5, 5.41) is 0. The molecule has 4 nitrogen and oxygen atoms in total. The van der Waals surface area contributed by atoms with Gasteiger partial charge in [-0.2, -0.15) is 0 Å². The van der Waals surface area contributed by atoms with E-state index in [2.05, 4.69) is 13.8 Å². The molecule has 0 unspecified atom stereocenters. The fourth-order valence-electron chi connectivity index (χ4n) is 1.49. The SMILES string of the molecule is CCCCCCOOCCOC(=O)CCCCC. The number of esters is 1. The van der Waals surface area contributed by atoms with Crippen LogP contribution in [0.25, 0.3) is 0 Å². The Morgan fingerprint density at radius 1 is 0.778 bits per heavy atom. The Balaban J connectivity index is 3.08. The quantitative estimate of drug-likeness (QED) is 0.219.